The van der Waals surface area contributed by atoms with Crippen molar-refractivity contribution in [1.82, 2.24) is 15.0 Å². The van der Waals surface area contributed by atoms with Crippen LogP contribution in [-0.4, -0.2) is 47.2 Å². The van der Waals surface area contributed by atoms with Gasteiger partial charge in [-0.15, -0.1) is 0 Å². The summed E-state index contributed by atoms with van der Waals surface area (Å²) in [6.45, 7) is 5.39. The van der Waals surface area contributed by atoms with Crippen molar-refractivity contribution in [2.75, 3.05) is 24.8 Å². The van der Waals surface area contributed by atoms with Crippen LogP contribution in [0.5, 0.6) is 6.01 Å². The Morgan fingerprint density at radius 1 is 1.16 bits per heavy atom. The molecule has 106 valence electrons. The number of rotatable bonds is 6. The van der Waals surface area contributed by atoms with E-state index < -0.39 is 12.0 Å². The molecule has 0 saturated carbocycles. The molecule has 0 aromatic carbocycles. The topological polar surface area (TPSA) is 98.3 Å². The monoisotopic (exact) mass is 269 g/mol. The van der Waals surface area contributed by atoms with Gasteiger partial charge in [0.25, 0.3) is 0 Å². The average molecular weight is 269 g/mol. The predicted octanol–water partition coefficient (Wildman–Crippen LogP) is 0.674. The van der Waals surface area contributed by atoms with Crippen LogP contribution in [0.3, 0.4) is 0 Å². The molecule has 0 spiro atoms. The molecule has 0 saturated heterocycles. The van der Waals surface area contributed by atoms with E-state index in [1.807, 2.05) is 13.8 Å². The highest BCUT2D eigenvalue weighted by Gasteiger charge is 2.16. The van der Waals surface area contributed by atoms with Crippen LogP contribution in [0, 0.1) is 0 Å². The molecular formula is C11H19N5O3. The minimum atomic E-state index is -0.566. The summed E-state index contributed by atoms with van der Waals surface area (Å²) in [7, 11) is 3.00. The van der Waals surface area contributed by atoms with Crippen LogP contribution in [-0.2, 0) is 9.53 Å². The summed E-state index contributed by atoms with van der Waals surface area (Å²) in [5, 5.41) is 5.62. The lowest BCUT2D eigenvalue weighted by molar-refractivity contribution is -0.141. The molecule has 8 nitrogen and oxygen atoms in total. The maximum Gasteiger partial charge on any atom is 0.328 e. The molecule has 1 heterocycles. The van der Waals surface area contributed by atoms with Gasteiger partial charge in [-0.1, -0.05) is 0 Å². The van der Waals surface area contributed by atoms with Crippen molar-refractivity contribution >= 4 is 17.9 Å². The molecule has 0 aliphatic carbocycles. The van der Waals surface area contributed by atoms with Gasteiger partial charge in [-0.2, -0.15) is 15.0 Å². The van der Waals surface area contributed by atoms with Gasteiger partial charge in [-0.3, -0.25) is 0 Å². The number of hydrogen-bond acceptors (Lipinski definition) is 8. The standard InChI is InChI=1S/C11H19N5O3/c1-6(2)19-11-15-9(12-4)14-10(16-11)13-7(3)8(17)18-5/h6-7H,1-5H3,(H2,12,13,14,15,16). The van der Waals surface area contributed by atoms with Crippen LogP contribution in [0.2, 0.25) is 0 Å². The van der Waals surface area contributed by atoms with Crippen LogP contribution >= 0.6 is 0 Å². The van der Waals surface area contributed by atoms with Crippen molar-refractivity contribution in [2.45, 2.75) is 32.9 Å². The van der Waals surface area contributed by atoms with Crippen molar-refractivity contribution in [3.8, 4) is 6.01 Å². The minimum Gasteiger partial charge on any atom is -0.467 e. The van der Waals surface area contributed by atoms with Crippen molar-refractivity contribution in [1.29, 1.82) is 0 Å². The summed E-state index contributed by atoms with van der Waals surface area (Å²) in [4.78, 5) is 23.5. The molecule has 1 unspecified atom stereocenters. The highest BCUT2D eigenvalue weighted by atomic mass is 16.5. The zero-order valence-corrected chi connectivity index (χ0v) is 11.7. The quantitative estimate of drug-likeness (QED) is 0.727. The van der Waals surface area contributed by atoms with Crippen LogP contribution in [0.4, 0.5) is 11.9 Å². The number of hydrogen-bond donors (Lipinski definition) is 2. The molecule has 2 N–H and O–H groups in total. The summed E-state index contributed by atoms with van der Waals surface area (Å²) < 4.78 is 10.0. The van der Waals surface area contributed by atoms with Gasteiger partial charge in [-0.05, 0) is 20.8 Å². The van der Waals surface area contributed by atoms with E-state index in [1.165, 1.54) is 7.11 Å². The Kier molecular flexibility index (Phi) is 5.28. The molecule has 0 bridgehead atoms. The normalized spacial score (nSPS) is 11.9. The number of esters is 1. The van der Waals surface area contributed by atoms with Gasteiger partial charge < -0.3 is 20.1 Å². The number of anilines is 2. The first-order valence-corrected chi connectivity index (χ1v) is 5.91. The Labute approximate surface area is 111 Å². The molecule has 0 aliphatic rings. The van der Waals surface area contributed by atoms with E-state index in [0.29, 0.717) is 5.95 Å². The van der Waals surface area contributed by atoms with E-state index in [0.717, 1.165) is 0 Å². The number of carbonyl (C=O) groups excluding carboxylic acids is 1. The molecule has 0 fully saturated rings. The van der Waals surface area contributed by atoms with Gasteiger partial charge in [0.15, 0.2) is 0 Å². The third-order valence-corrected chi connectivity index (χ3v) is 2.08. The average Bonchev–Trinajstić information content (AvgIpc) is 2.36. The zero-order valence-electron chi connectivity index (χ0n) is 11.7. The van der Waals surface area contributed by atoms with E-state index in [9.17, 15) is 4.79 Å². The molecular weight excluding hydrogens is 250 g/mol. The van der Waals surface area contributed by atoms with Crippen LogP contribution < -0.4 is 15.4 Å². The van der Waals surface area contributed by atoms with Gasteiger partial charge >= 0.3 is 12.0 Å². The molecule has 1 aromatic heterocycles. The number of carbonyl (C=O) groups is 1. The molecule has 0 radical (unpaired) electrons. The summed E-state index contributed by atoms with van der Waals surface area (Å²) in [6, 6.07) is -0.377. The SMILES string of the molecule is CNc1nc(NC(C)C(=O)OC)nc(OC(C)C)n1. The van der Waals surface area contributed by atoms with Gasteiger partial charge in [0.1, 0.15) is 6.04 Å². The Bertz CT molecular complexity index is 438. The fraction of sp³-hybridized carbons (Fsp3) is 0.636. The van der Waals surface area contributed by atoms with E-state index >= 15 is 0 Å². The smallest absolute Gasteiger partial charge is 0.328 e. The Balaban J connectivity index is 2.90. The van der Waals surface area contributed by atoms with Crippen molar-refractivity contribution in [3.05, 3.63) is 0 Å². The third-order valence-electron chi connectivity index (χ3n) is 2.08. The number of nitrogens with one attached hydrogen (secondary N) is 2. The lowest BCUT2D eigenvalue weighted by Crippen LogP contribution is -2.28. The van der Waals surface area contributed by atoms with Gasteiger partial charge in [0, 0.05) is 7.05 Å². The first-order valence-electron chi connectivity index (χ1n) is 5.91. The maximum atomic E-state index is 11.3. The van der Waals surface area contributed by atoms with Crippen LogP contribution in [0.15, 0.2) is 0 Å². The van der Waals surface area contributed by atoms with E-state index in [4.69, 9.17) is 4.74 Å². The second kappa shape index (κ2) is 6.72. The number of ether oxygens (including phenoxy) is 2. The highest BCUT2D eigenvalue weighted by molar-refractivity contribution is 5.77. The van der Waals surface area contributed by atoms with Crippen LogP contribution in [0.25, 0.3) is 0 Å². The second-order valence-corrected chi connectivity index (χ2v) is 4.07. The van der Waals surface area contributed by atoms with Crippen molar-refractivity contribution in [2.24, 2.45) is 0 Å². The third kappa shape index (κ3) is 4.57. The first kappa shape index (κ1) is 14.9. The van der Waals surface area contributed by atoms with E-state index in [2.05, 4.69) is 30.3 Å². The molecule has 1 rings (SSSR count). The minimum absolute atomic E-state index is 0.0574. The zero-order chi connectivity index (χ0) is 14.4. The fourth-order valence-electron chi connectivity index (χ4n) is 1.23. The Morgan fingerprint density at radius 2 is 1.79 bits per heavy atom. The summed E-state index contributed by atoms with van der Waals surface area (Å²) in [5.41, 5.74) is 0. The summed E-state index contributed by atoms with van der Waals surface area (Å²) in [5.74, 6) is 0.191. The van der Waals surface area contributed by atoms with Crippen LogP contribution in [0.1, 0.15) is 20.8 Å². The van der Waals surface area contributed by atoms with Crippen molar-refractivity contribution in [3.63, 3.8) is 0 Å². The molecule has 8 heteroatoms. The lowest BCUT2D eigenvalue weighted by Gasteiger charge is -2.13. The Hall–Kier alpha value is -2.12. The van der Waals surface area contributed by atoms with E-state index in [1.54, 1.807) is 14.0 Å². The Morgan fingerprint density at radius 3 is 2.32 bits per heavy atom. The highest BCUT2D eigenvalue weighted by Crippen LogP contribution is 2.13. The molecule has 19 heavy (non-hydrogen) atoms. The van der Waals surface area contributed by atoms with Gasteiger partial charge in [0.05, 0.1) is 13.2 Å². The van der Waals surface area contributed by atoms with Gasteiger partial charge in [-0.25, -0.2) is 4.79 Å². The number of nitrogens with zero attached hydrogens (tertiary/aromatic N) is 3. The summed E-state index contributed by atoms with van der Waals surface area (Å²) in [6.07, 6.45) is -0.0574. The molecule has 0 amide bonds. The molecule has 1 atom stereocenters. The summed E-state index contributed by atoms with van der Waals surface area (Å²) >= 11 is 0. The predicted molar refractivity (Wildman–Crippen MR) is 70.2 cm³/mol. The largest absolute Gasteiger partial charge is 0.467 e. The van der Waals surface area contributed by atoms with Gasteiger partial charge in [0.2, 0.25) is 11.9 Å². The lowest BCUT2D eigenvalue weighted by atomic mass is 10.3. The fourth-order valence-corrected chi connectivity index (χ4v) is 1.23. The number of aromatic nitrogens is 3. The number of methoxy groups -OCH3 is 1. The first-order chi connectivity index (χ1) is 8.96. The molecule has 1 aromatic rings. The van der Waals surface area contributed by atoms with Crippen molar-refractivity contribution < 1.29 is 14.3 Å². The second-order valence-electron chi connectivity index (χ2n) is 4.07. The molecule has 0 aliphatic heterocycles. The van der Waals surface area contributed by atoms with E-state index in [-0.39, 0.29) is 18.1 Å². The maximum absolute atomic E-state index is 11.3.